The molecule has 0 bridgehead atoms. The van der Waals surface area contributed by atoms with Gasteiger partial charge in [0.15, 0.2) is 5.16 Å². The summed E-state index contributed by atoms with van der Waals surface area (Å²) < 4.78 is 5.81. The monoisotopic (exact) mass is 366 g/mol. The number of carbonyl (C=O) groups is 1. The summed E-state index contributed by atoms with van der Waals surface area (Å²) in [6.45, 7) is 8.43. The molecule has 1 N–H and O–H groups in total. The molecule has 1 saturated carbocycles. The molecule has 140 valence electrons. The lowest BCUT2D eigenvalue weighted by atomic mass is 9.75. The Morgan fingerprint density at radius 1 is 1.40 bits per heavy atom. The molecular formula is C19H30N2O3S. The van der Waals surface area contributed by atoms with E-state index >= 15 is 0 Å². The van der Waals surface area contributed by atoms with Crippen LogP contribution in [0.2, 0.25) is 0 Å². The summed E-state index contributed by atoms with van der Waals surface area (Å²) in [5.41, 5.74) is 1.11. The van der Waals surface area contributed by atoms with Crippen molar-refractivity contribution in [2.75, 3.05) is 6.26 Å². The van der Waals surface area contributed by atoms with Gasteiger partial charge in [-0.1, -0.05) is 39.0 Å². The average molecular weight is 367 g/mol. The fourth-order valence-electron chi connectivity index (χ4n) is 3.68. The van der Waals surface area contributed by atoms with Gasteiger partial charge in [0.25, 0.3) is 5.56 Å². The second-order valence-corrected chi connectivity index (χ2v) is 8.29. The van der Waals surface area contributed by atoms with Crippen molar-refractivity contribution < 1.29 is 9.53 Å². The minimum absolute atomic E-state index is 0.00706. The van der Waals surface area contributed by atoms with Crippen LogP contribution >= 0.6 is 11.8 Å². The summed E-state index contributed by atoms with van der Waals surface area (Å²) in [6, 6.07) is 0. The average Bonchev–Trinajstić information content (AvgIpc) is 2.53. The predicted octanol–water partition coefficient (Wildman–Crippen LogP) is 3.74. The van der Waals surface area contributed by atoms with E-state index in [0.717, 1.165) is 12.8 Å². The Balaban J connectivity index is 1.97. The van der Waals surface area contributed by atoms with Gasteiger partial charge in [-0.2, -0.15) is 0 Å². The molecule has 5 nitrogen and oxygen atoms in total. The van der Waals surface area contributed by atoms with Gasteiger partial charge >= 0.3 is 5.97 Å². The maximum Gasteiger partial charge on any atom is 0.306 e. The molecule has 1 fully saturated rings. The Bertz CT molecular complexity index is 657. The summed E-state index contributed by atoms with van der Waals surface area (Å²) in [4.78, 5) is 31.6. The summed E-state index contributed by atoms with van der Waals surface area (Å²) in [7, 11) is 0. The highest BCUT2D eigenvalue weighted by atomic mass is 32.2. The van der Waals surface area contributed by atoms with E-state index in [1.54, 1.807) is 0 Å². The topological polar surface area (TPSA) is 72.0 Å². The lowest BCUT2D eigenvalue weighted by Gasteiger charge is -2.36. The van der Waals surface area contributed by atoms with Crippen LogP contribution in [-0.4, -0.2) is 28.3 Å². The van der Waals surface area contributed by atoms with Crippen molar-refractivity contribution in [3.8, 4) is 0 Å². The van der Waals surface area contributed by atoms with Gasteiger partial charge in [0, 0.05) is 17.7 Å². The Hall–Kier alpha value is -1.30. The highest BCUT2D eigenvalue weighted by Gasteiger charge is 2.33. The first-order chi connectivity index (χ1) is 11.8. The van der Waals surface area contributed by atoms with Crippen LogP contribution in [0.25, 0.3) is 0 Å². The fourth-order valence-corrected chi connectivity index (χ4v) is 4.10. The summed E-state index contributed by atoms with van der Waals surface area (Å²) in [5, 5.41) is 0.602. The van der Waals surface area contributed by atoms with Crippen molar-refractivity contribution >= 4 is 17.7 Å². The Morgan fingerprint density at radius 3 is 2.72 bits per heavy atom. The van der Waals surface area contributed by atoms with Crippen LogP contribution in [0.5, 0.6) is 0 Å². The molecule has 1 aliphatic carbocycles. The Kier molecular flexibility index (Phi) is 7.11. The molecule has 0 saturated heterocycles. The number of nitrogens with one attached hydrogen (secondary N) is 1. The molecule has 1 aromatic heterocycles. The van der Waals surface area contributed by atoms with Crippen molar-refractivity contribution in [1.29, 1.82) is 0 Å². The lowest BCUT2D eigenvalue weighted by Crippen LogP contribution is -2.36. The summed E-state index contributed by atoms with van der Waals surface area (Å²) >= 11 is 1.40. The van der Waals surface area contributed by atoms with Crippen molar-refractivity contribution in [3.05, 3.63) is 21.6 Å². The van der Waals surface area contributed by atoms with Crippen LogP contribution in [0.4, 0.5) is 0 Å². The summed E-state index contributed by atoms with van der Waals surface area (Å²) in [5.74, 6) is 1.34. The zero-order valence-corrected chi connectivity index (χ0v) is 16.7. The number of carbonyl (C=O) groups excluding carboxylic acids is 1. The first-order valence-electron chi connectivity index (χ1n) is 9.15. The number of aromatic amines is 1. The van der Waals surface area contributed by atoms with Crippen LogP contribution in [0, 0.1) is 24.7 Å². The van der Waals surface area contributed by atoms with Gasteiger partial charge in [-0.3, -0.25) is 9.59 Å². The lowest BCUT2D eigenvalue weighted by molar-refractivity contribution is -0.155. The quantitative estimate of drug-likeness (QED) is 0.472. The first-order valence-corrected chi connectivity index (χ1v) is 10.4. The molecule has 25 heavy (non-hydrogen) atoms. The number of nitrogens with zero attached hydrogens (tertiary/aromatic N) is 1. The van der Waals surface area contributed by atoms with E-state index in [1.165, 1.54) is 18.2 Å². The van der Waals surface area contributed by atoms with Crippen molar-refractivity contribution in [1.82, 2.24) is 9.97 Å². The van der Waals surface area contributed by atoms with E-state index in [2.05, 4.69) is 30.7 Å². The van der Waals surface area contributed by atoms with Crippen LogP contribution < -0.4 is 5.56 Å². The third-order valence-electron chi connectivity index (χ3n) is 5.22. The fraction of sp³-hybridized carbons (Fsp3) is 0.737. The third kappa shape index (κ3) is 5.33. The molecule has 0 radical (unpaired) electrons. The molecule has 0 aromatic carbocycles. The van der Waals surface area contributed by atoms with Crippen molar-refractivity contribution in [2.24, 2.45) is 17.8 Å². The van der Waals surface area contributed by atoms with E-state index in [4.69, 9.17) is 4.74 Å². The largest absolute Gasteiger partial charge is 0.462 e. The maximum atomic E-state index is 12.3. The van der Waals surface area contributed by atoms with Crippen molar-refractivity contribution in [3.63, 3.8) is 0 Å². The van der Waals surface area contributed by atoms with Crippen LogP contribution in [0.3, 0.4) is 0 Å². The van der Waals surface area contributed by atoms with Crippen LogP contribution in [0.15, 0.2) is 9.95 Å². The van der Waals surface area contributed by atoms with E-state index in [9.17, 15) is 9.59 Å². The van der Waals surface area contributed by atoms with Gasteiger partial charge in [-0.25, -0.2) is 4.98 Å². The van der Waals surface area contributed by atoms with E-state index < -0.39 is 0 Å². The van der Waals surface area contributed by atoms with E-state index in [-0.39, 0.29) is 24.1 Å². The third-order valence-corrected chi connectivity index (χ3v) is 5.80. The molecule has 6 heteroatoms. The van der Waals surface area contributed by atoms with Gasteiger partial charge in [-0.15, -0.1) is 0 Å². The Morgan fingerprint density at radius 2 is 2.12 bits per heavy atom. The highest BCUT2D eigenvalue weighted by Crippen LogP contribution is 2.35. The maximum absolute atomic E-state index is 12.3. The molecule has 0 amide bonds. The smallest absolute Gasteiger partial charge is 0.306 e. The van der Waals surface area contributed by atoms with Gasteiger partial charge in [0.1, 0.15) is 6.10 Å². The highest BCUT2D eigenvalue weighted by molar-refractivity contribution is 7.98. The van der Waals surface area contributed by atoms with Crippen LogP contribution in [-0.2, 0) is 16.0 Å². The molecular weight excluding hydrogens is 336 g/mol. The number of esters is 1. The Labute approximate surface area is 154 Å². The van der Waals surface area contributed by atoms with E-state index in [0.29, 0.717) is 40.6 Å². The molecule has 3 atom stereocenters. The molecule has 1 aliphatic rings. The number of hydrogen-bond donors (Lipinski definition) is 1. The van der Waals surface area contributed by atoms with Gasteiger partial charge in [0.2, 0.25) is 0 Å². The molecule has 3 unspecified atom stereocenters. The number of aryl methyl sites for hydroxylation is 1. The number of ether oxygens (including phenoxy) is 1. The minimum Gasteiger partial charge on any atom is -0.462 e. The second-order valence-electron chi connectivity index (χ2n) is 7.49. The normalized spacial score (nSPS) is 23.7. The number of H-pyrrole nitrogens is 1. The zero-order chi connectivity index (χ0) is 18.6. The number of rotatable bonds is 6. The SMILES string of the molecule is CSc1nc(C)c(CCC(=O)OC2CC(C)CCC2C(C)C)c(=O)[nH]1. The van der Waals surface area contributed by atoms with Crippen LogP contribution in [0.1, 0.15) is 57.7 Å². The molecule has 1 aromatic rings. The number of thioether (sulfide) groups is 1. The van der Waals surface area contributed by atoms with Crippen molar-refractivity contribution in [2.45, 2.75) is 71.1 Å². The minimum atomic E-state index is -0.211. The van der Waals surface area contributed by atoms with Gasteiger partial charge in [0.05, 0.1) is 0 Å². The molecule has 1 heterocycles. The number of hydrogen-bond acceptors (Lipinski definition) is 5. The first kappa shape index (κ1) is 20.0. The van der Waals surface area contributed by atoms with E-state index in [1.807, 2.05) is 13.2 Å². The second kappa shape index (κ2) is 8.88. The predicted molar refractivity (Wildman–Crippen MR) is 101 cm³/mol. The molecule has 0 spiro atoms. The summed E-state index contributed by atoms with van der Waals surface area (Å²) in [6.07, 6.45) is 5.74. The zero-order valence-electron chi connectivity index (χ0n) is 15.9. The van der Waals surface area contributed by atoms with Gasteiger partial charge < -0.3 is 9.72 Å². The molecule has 0 aliphatic heterocycles. The molecule has 2 rings (SSSR count). The van der Waals surface area contributed by atoms with Gasteiger partial charge in [-0.05, 0) is 50.2 Å². The standard InChI is InChI=1S/C19H30N2O3S/c1-11(2)14-7-6-12(3)10-16(14)24-17(22)9-8-15-13(4)20-19(25-5)21-18(15)23/h11-12,14,16H,6-10H2,1-5H3,(H,20,21,23). The number of aromatic nitrogens is 2.